The number of hydrogen-bond acceptors (Lipinski definition) is 3. The minimum atomic E-state index is -0.104. The molecule has 0 saturated carbocycles. The Morgan fingerprint density at radius 2 is 2.00 bits per heavy atom. The maximum Gasteiger partial charge on any atom is 0.306 e. The fourth-order valence-corrected chi connectivity index (χ4v) is 1.22. The third-order valence-electron chi connectivity index (χ3n) is 1.93. The molecule has 0 aliphatic heterocycles. The van der Waals surface area contributed by atoms with Crippen LogP contribution in [0.5, 0.6) is 0 Å². The van der Waals surface area contributed by atoms with E-state index in [1.54, 1.807) is 11.5 Å². The van der Waals surface area contributed by atoms with E-state index in [1.807, 2.05) is 0 Å². The van der Waals surface area contributed by atoms with Gasteiger partial charge in [-0.15, -0.1) is 0 Å². The lowest BCUT2D eigenvalue weighted by atomic mass is 10.1. The monoisotopic (exact) mass is 216 g/mol. The van der Waals surface area contributed by atoms with E-state index >= 15 is 0 Å². The van der Waals surface area contributed by atoms with Gasteiger partial charge in [0.05, 0.1) is 0 Å². The first-order chi connectivity index (χ1) is 6.81. The Balaban J connectivity index is 3.18. The Morgan fingerprint density at radius 1 is 1.29 bits per heavy atom. The maximum atomic E-state index is 11.1. The van der Waals surface area contributed by atoms with Crippen LogP contribution in [0.3, 0.4) is 0 Å². The molecule has 0 unspecified atom stereocenters. The number of hydrogen-bond donors (Lipinski definition) is 1. The summed E-state index contributed by atoms with van der Waals surface area (Å²) in [6.07, 6.45) is 8.05. The second-order valence-corrected chi connectivity index (χ2v) is 3.53. The Morgan fingerprint density at radius 3 is 2.64 bits per heavy atom. The van der Waals surface area contributed by atoms with Gasteiger partial charge in [0, 0.05) is 6.42 Å². The fourth-order valence-electron chi connectivity index (χ4n) is 1.13. The van der Waals surface area contributed by atoms with Crippen molar-refractivity contribution in [2.24, 2.45) is 0 Å². The third kappa shape index (κ3) is 9.65. The predicted molar refractivity (Wildman–Crippen MR) is 62.5 cm³/mol. The molecule has 0 fully saturated rings. The molecule has 0 heterocycles. The molecule has 0 aliphatic carbocycles. The Labute approximate surface area is 92.1 Å². The van der Waals surface area contributed by atoms with Crippen LogP contribution in [0.25, 0.3) is 0 Å². The highest BCUT2D eigenvalue weighted by atomic mass is 32.1. The molecular formula is C11H20O2S. The van der Waals surface area contributed by atoms with Crippen LogP contribution in [-0.4, -0.2) is 12.6 Å². The Kier molecular flexibility index (Phi) is 10.3. The highest BCUT2D eigenvalue weighted by Crippen LogP contribution is 2.05. The molecule has 0 saturated heterocycles. The average Bonchev–Trinajstić information content (AvgIpc) is 2.18. The summed E-state index contributed by atoms with van der Waals surface area (Å²) in [7, 11) is 0. The van der Waals surface area contributed by atoms with Crippen LogP contribution in [0, 0.1) is 0 Å². The number of ether oxygens (including phenoxy) is 1. The van der Waals surface area contributed by atoms with Gasteiger partial charge in [0.2, 0.25) is 0 Å². The van der Waals surface area contributed by atoms with Gasteiger partial charge in [0.15, 0.2) is 0 Å². The third-order valence-corrected chi connectivity index (χ3v) is 2.14. The van der Waals surface area contributed by atoms with Crippen molar-refractivity contribution in [2.75, 3.05) is 6.61 Å². The maximum absolute atomic E-state index is 11.1. The number of unbranched alkanes of at least 4 members (excludes halogenated alkanes) is 4. The number of rotatable bonds is 8. The SMILES string of the molecule is CCCCCCCC(=O)OCC=CS. The highest BCUT2D eigenvalue weighted by Gasteiger charge is 2.00. The van der Waals surface area contributed by atoms with Crippen molar-refractivity contribution in [1.29, 1.82) is 0 Å². The summed E-state index contributed by atoms with van der Waals surface area (Å²) < 4.78 is 4.91. The topological polar surface area (TPSA) is 26.3 Å². The van der Waals surface area contributed by atoms with Crippen LogP contribution < -0.4 is 0 Å². The van der Waals surface area contributed by atoms with E-state index in [4.69, 9.17) is 4.74 Å². The van der Waals surface area contributed by atoms with Crippen molar-refractivity contribution in [3.63, 3.8) is 0 Å². The molecule has 0 N–H and O–H groups in total. The number of thiol groups is 1. The number of esters is 1. The van der Waals surface area contributed by atoms with Crippen LogP contribution in [0.1, 0.15) is 45.4 Å². The normalized spacial score (nSPS) is 10.7. The van der Waals surface area contributed by atoms with Crippen LogP contribution in [0.2, 0.25) is 0 Å². The van der Waals surface area contributed by atoms with E-state index in [-0.39, 0.29) is 5.97 Å². The molecule has 0 amide bonds. The summed E-state index contributed by atoms with van der Waals surface area (Å²) in [6, 6.07) is 0. The van der Waals surface area contributed by atoms with Crippen LogP contribution in [0.15, 0.2) is 11.5 Å². The Bertz CT molecular complexity index is 167. The first kappa shape index (κ1) is 13.6. The summed E-state index contributed by atoms with van der Waals surface area (Å²) >= 11 is 3.86. The predicted octanol–water partition coefficient (Wildman–Crippen LogP) is 3.33. The number of carbonyl (C=O) groups excluding carboxylic acids is 1. The second-order valence-electron chi connectivity index (χ2n) is 3.23. The van der Waals surface area contributed by atoms with Crippen molar-refractivity contribution >= 4 is 18.6 Å². The molecule has 0 radical (unpaired) electrons. The minimum absolute atomic E-state index is 0.104. The second kappa shape index (κ2) is 10.6. The molecular weight excluding hydrogens is 196 g/mol. The zero-order valence-electron chi connectivity index (χ0n) is 8.87. The van der Waals surface area contributed by atoms with Gasteiger partial charge in [0.25, 0.3) is 0 Å². The quantitative estimate of drug-likeness (QED) is 0.382. The van der Waals surface area contributed by atoms with Gasteiger partial charge in [-0.2, -0.15) is 12.6 Å². The van der Waals surface area contributed by atoms with E-state index in [0.717, 1.165) is 12.8 Å². The van der Waals surface area contributed by atoms with Crippen molar-refractivity contribution in [3.8, 4) is 0 Å². The van der Waals surface area contributed by atoms with Crippen molar-refractivity contribution < 1.29 is 9.53 Å². The van der Waals surface area contributed by atoms with Crippen molar-refractivity contribution in [3.05, 3.63) is 11.5 Å². The van der Waals surface area contributed by atoms with Crippen molar-refractivity contribution in [2.45, 2.75) is 45.4 Å². The first-order valence-electron chi connectivity index (χ1n) is 5.26. The first-order valence-corrected chi connectivity index (χ1v) is 5.77. The molecule has 3 heteroatoms. The van der Waals surface area contributed by atoms with Crippen LogP contribution >= 0.6 is 12.6 Å². The van der Waals surface area contributed by atoms with Crippen LogP contribution in [-0.2, 0) is 9.53 Å². The lowest BCUT2D eigenvalue weighted by molar-refractivity contribution is -0.142. The molecule has 0 aromatic carbocycles. The van der Waals surface area contributed by atoms with E-state index in [0.29, 0.717) is 13.0 Å². The minimum Gasteiger partial charge on any atom is -0.461 e. The van der Waals surface area contributed by atoms with E-state index in [9.17, 15) is 4.79 Å². The molecule has 2 nitrogen and oxygen atoms in total. The van der Waals surface area contributed by atoms with E-state index < -0.39 is 0 Å². The zero-order chi connectivity index (χ0) is 10.6. The van der Waals surface area contributed by atoms with Gasteiger partial charge in [0.1, 0.15) is 6.61 Å². The standard InChI is InChI=1S/C11H20O2S/c1-2-3-4-5-6-8-11(12)13-9-7-10-14/h7,10,14H,2-6,8-9H2,1H3. The smallest absolute Gasteiger partial charge is 0.306 e. The number of carbonyl (C=O) groups is 1. The van der Waals surface area contributed by atoms with Gasteiger partial charge in [-0.3, -0.25) is 4.79 Å². The highest BCUT2D eigenvalue weighted by molar-refractivity contribution is 7.83. The fraction of sp³-hybridized carbons (Fsp3) is 0.727. The summed E-state index contributed by atoms with van der Waals surface area (Å²) in [5.41, 5.74) is 0. The van der Waals surface area contributed by atoms with Gasteiger partial charge in [-0.1, -0.05) is 32.6 Å². The summed E-state index contributed by atoms with van der Waals surface area (Å²) in [6.45, 7) is 2.52. The lowest BCUT2D eigenvalue weighted by Gasteiger charge is -2.01. The van der Waals surface area contributed by atoms with Gasteiger partial charge in [-0.05, 0) is 17.9 Å². The summed E-state index contributed by atoms with van der Waals surface area (Å²) in [5, 5.41) is 1.58. The summed E-state index contributed by atoms with van der Waals surface area (Å²) in [5.74, 6) is -0.104. The molecule has 0 bridgehead atoms. The van der Waals surface area contributed by atoms with E-state index in [1.165, 1.54) is 19.3 Å². The van der Waals surface area contributed by atoms with Gasteiger partial charge in [-0.25, -0.2) is 0 Å². The summed E-state index contributed by atoms with van der Waals surface area (Å²) in [4.78, 5) is 11.1. The zero-order valence-corrected chi connectivity index (χ0v) is 9.76. The average molecular weight is 216 g/mol. The lowest BCUT2D eigenvalue weighted by Crippen LogP contribution is -2.03. The van der Waals surface area contributed by atoms with Crippen LogP contribution in [0.4, 0.5) is 0 Å². The Hall–Kier alpha value is -0.440. The van der Waals surface area contributed by atoms with Gasteiger partial charge >= 0.3 is 5.97 Å². The largest absolute Gasteiger partial charge is 0.461 e. The molecule has 0 aromatic heterocycles. The molecule has 0 spiro atoms. The molecule has 14 heavy (non-hydrogen) atoms. The molecule has 0 aromatic rings. The van der Waals surface area contributed by atoms with Crippen molar-refractivity contribution in [1.82, 2.24) is 0 Å². The van der Waals surface area contributed by atoms with Gasteiger partial charge < -0.3 is 4.74 Å². The molecule has 0 aliphatic rings. The van der Waals surface area contributed by atoms with E-state index in [2.05, 4.69) is 19.6 Å². The molecule has 0 rings (SSSR count). The molecule has 0 atom stereocenters. The molecule has 82 valence electrons.